The van der Waals surface area contributed by atoms with E-state index in [9.17, 15) is 4.21 Å². The fraction of sp³-hybridized carbons (Fsp3) is 0.800. The molecule has 7 nitrogen and oxygen atoms in total. The first-order chi connectivity index (χ1) is 13.7. The average molecular weight is 409 g/mol. The molecule has 1 N–H and O–H groups in total. The van der Waals surface area contributed by atoms with Crippen LogP contribution in [0.5, 0.6) is 0 Å². The SMILES string of the molecule is CCN(CCC1CCOCC1)c1nc2c(c(NC3CCOCC3)n1)[S@](=O)CC2. The quantitative estimate of drug-likeness (QED) is 0.742. The first-order valence-corrected chi connectivity index (χ1v) is 12.0. The number of aromatic nitrogens is 2. The van der Waals surface area contributed by atoms with Gasteiger partial charge in [0, 0.05) is 57.7 Å². The number of nitrogens with zero attached hydrogens (tertiary/aromatic N) is 3. The molecule has 0 unspecified atom stereocenters. The molecule has 3 aliphatic heterocycles. The number of anilines is 2. The molecule has 1 aromatic rings. The molecule has 0 amide bonds. The van der Waals surface area contributed by atoms with E-state index in [1.54, 1.807) is 0 Å². The van der Waals surface area contributed by atoms with E-state index >= 15 is 0 Å². The second kappa shape index (κ2) is 9.50. The molecule has 28 heavy (non-hydrogen) atoms. The molecule has 4 rings (SSSR count). The van der Waals surface area contributed by atoms with Crippen molar-refractivity contribution < 1.29 is 13.7 Å². The van der Waals surface area contributed by atoms with E-state index in [0.717, 1.165) is 106 Å². The van der Waals surface area contributed by atoms with Crippen LogP contribution in [0, 0.1) is 5.92 Å². The molecule has 0 spiro atoms. The van der Waals surface area contributed by atoms with Crippen LogP contribution in [0.1, 0.15) is 44.7 Å². The molecule has 0 aromatic carbocycles. The number of rotatable bonds is 7. The van der Waals surface area contributed by atoms with Crippen molar-refractivity contribution in [2.24, 2.45) is 5.92 Å². The van der Waals surface area contributed by atoms with Gasteiger partial charge < -0.3 is 19.7 Å². The Morgan fingerprint density at radius 3 is 2.54 bits per heavy atom. The highest BCUT2D eigenvalue weighted by molar-refractivity contribution is 7.85. The number of aryl methyl sites for hydroxylation is 1. The molecule has 0 aliphatic carbocycles. The van der Waals surface area contributed by atoms with Gasteiger partial charge in [0.2, 0.25) is 5.95 Å². The van der Waals surface area contributed by atoms with Gasteiger partial charge in [-0.3, -0.25) is 4.21 Å². The largest absolute Gasteiger partial charge is 0.381 e. The molecule has 1 atom stereocenters. The predicted octanol–water partition coefficient (Wildman–Crippen LogP) is 2.37. The van der Waals surface area contributed by atoms with E-state index in [1.165, 1.54) is 0 Å². The lowest BCUT2D eigenvalue weighted by molar-refractivity contribution is 0.0645. The summed E-state index contributed by atoms with van der Waals surface area (Å²) in [6.45, 7) is 7.31. The number of fused-ring (bicyclic) bond motifs is 1. The van der Waals surface area contributed by atoms with Gasteiger partial charge in [0.1, 0.15) is 10.7 Å². The molecule has 0 saturated carbocycles. The molecule has 4 heterocycles. The van der Waals surface area contributed by atoms with Crippen molar-refractivity contribution in [3.8, 4) is 0 Å². The maximum absolute atomic E-state index is 12.6. The zero-order valence-electron chi connectivity index (χ0n) is 16.8. The zero-order chi connectivity index (χ0) is 19.3. The van der Waals surface area contributed by atoms with Crippen LogP contribution in [0.4, 0.5) is 11.8 Å². The monoisotopic (exact) mass is 408 g/mol. The van der Waals surface area contributed by atoms with E-state index in [4.69, 9.17) is 19.4 Å². The lowest BCUT2D eigenvalue weighted by Crippen LogP contribution is -2.31. The van der Waals surface area contributed by atoms with Crippen LogP contribution < -0.4 is 10.2 Å². The van der Waals surface area contributed by atoms with Gasteiger partial charge in [-0.15, -0.1) is 0 Å². The highest BCUT2D eigenvalue weighted by Crippen LogP contribution is 2.31. The number of ether oxygens (including phenoxy) is 2. The average Bonchev–Trinajstić information content (AvgIpc) is 3.11. The van der Waals surface area contributed by atoms with E-state index in [2.05, 4.69) is 17.1 Å². The van der Waals surface area contributed by atoms with Crippen molar-refractivity contribution in [3.63, 3.8) is 0 Å². The second-order valence-electron chi connectivity index (χ2n) is 7.90. The van der Waals surface area contributed by atoms with Crippen LogP contribution in [0.3, 0.4) is 0 Å². The third-order valence-corrected chi connectivity index (χ3v) is 7.51. The third-order valence-electron chi connectivity index (χ3n) is 6.05. The maximum Gasteiger partial charge on any atom is 0.227 e. The van der Waals surface area contributed by atoms with Crippen LogP contribution in [-0.2, 0) is 26.7 Å². The van der Waals surface area contributed by atoms with Crippen molar-refractivity contribution in [2.75, 3.05) is 55.5 Å². The number of hydrogen-bond acceptors (Lipinski definition) is 7. The zero-order valence-corrected chi connectivity index (χ0v) is 17.6. The van der Waals surface area contributed by atoms with Gasteiger partial charge in [0.05, 0.1) is 16.5 Å². The van der Waals surface area contributed by atoms with Crippen molar-refractivity contribution in [1.29, 1.82) is 0 Å². The number of nitrogens with one attached hydrogen (secondary N) is 1. The molecule has 2 fully saturated rings. The molecule has 1 aromatic heterocycles. The molecule has 156 valence electrons. The van der Waals surface area contributed by atoms with Gasteiger partial charge in [0.15, 0.2) is 0 Å². The summed E-state index contributed by atoms with van der Waals surface area (Å²) in [6, 6.07) is 0.329. The summed E-state index contributed by atoms with van der Waals surface area (Å²) in [5, 5.41) is 3.57. The Balaban J connectivity index is 1.52. The summed E-state index contributed by atoms with van der Waals surface area (Å²) in [6.07, 6.45) is 6.14. The minimum absolute atomic E-state index is 0.329. The molecule has 0 radical (unpaired) electrons. The Hall–Kier alpha value is -1.25. The Kier molecular flexibility index (Phi) is 6.80. The van der Waals surface area contributed by atoms with Crippen LogP contribution in [0.2, 0.25) is 0 Å². The standard InChI is InChI=1S/C20H32N4O3S/c1-2-24(9-3-15-4-10-26-11-5-15)20-22-17-8-14-28(25)18(17)19(23-20)21-16-6-12-27-13-7-16/h15-16H,2-14H2,1H3,(H,21,22,23)/t28-/m1/s1. The van der Waals surface area contributed by atoms with Crippen molar-refractivity contribution >= 4 is 22.6 Å². The van der Waals surface area contributed by atoms with Gasteiger partial charge in [-0.1, -0.05) is 0 Å². The first kappa shape index (κ1) is 20.0. The van der Waals surface area contributed by atoms with Crippen molar-refractivity contribution in [1.82, 2.24) is 9.97 Å². The molecule has 8 heteroatoms. The fourth-order valence-electron chi connectivity index (χ4n) is 4.23. The normalized spacial score (nSPS) is 23.5. The fourth-order valence-corrected chi connectivity index (χ4v) is 5.55. The minimum Gasteiger partial charge on any atom is -0.381 e. The predicted molar refractivity (Wildman–Crippen MR) is 111 cm³/mol. The van der Waals surface area contributed by atoms with Crippen molar-refractivity contribution in [2.45, 2.75) is 56.4 Å². The van der Waals surface area contributed by atoms with E-state index in [0.29, 0.717) is 11.8 Å². The molecular weight excluding hydrogens is 376 g/mol. The van der Waals surface area contributed by atoms with E-state index in [-0.39, 0.29) is 0 Å². The molecule has 3 aliphatic rings. The van der Waals surface area contributed by atoms with Gasteiger partial charge in [-0.2, -0.15) is 4.98 Å². The maximum atomic E-state index is 12.6. The topological polar surface area (TPSA) is 76.6 Å². The highest BCUT2D eigenvalue weighted by atomic mass is 32.2. The third kappa shape index (κ3) is 4.66. The lowest BCUT2D eigenvalue weighted by atomic mass is 9.96. The summed E-state index contributed by atoms with van der Waals surface area (Å²) in [5.41, 5.74) is 0.961. The Morgan fingerprint density at radius 1 is 1.11 bits per heavy atom. The van der Waals surface area contributed by atoms with E-state index in [1.807, 2.05) is 0 Å². The summed E-state index contributed by atoms with van der Waals surface area (Å²) in [4.78, 5) is 12.8. The van der Waals surface area contributed by atoms with Gasteiger partial charge in [0.25, 0.3) is 0 Å². The second-order valence-corrected chi connectivity index (χ2v) is 9.41. The van der Waals surface area contributed by atoms with E-state index < -0.39 is 10.8 Å². The molecular formula is C20H32N4O3S. The highest BCUT2D eigenvalue weighted by Gasteiger charge is 2.28. The Morgan fingerprint density at radius 2 is 1.82 bits per heavy atom. The summed E-state index contributed by atoms with van der Waals surface area (Å²) >= 11 is 0. The van der Waals surface area contributed by atoms with Gasteiger partial charge in [-0.25, -0.2) is 4.98 Å². The molecule has 0 bridgehead atoms. The van der Waals surface area contributed by atoms with Gasteiger partial charge in [-0.05, 0) is 44.9 Å². The summed E-state index contributed by atoms with van der Waals surface area (Å²) in [7, 11) is -0.996. The van der Waals surface area contributed by atoms with Crippen LogP contribution in [0.15, 0.2) is 4.90 Å². The van der Waals surface area contributed by atoms with Crippen LogP contribution in [0.25, 0.3) is 0 Å². The molecule has 2 saturated heterocycles. The Bertz CT molecular complexity index is 690. The van der Waals surface area contributed by atoms with Crippen molar-refractivity contribution in [3.05, 3.63) is 5.69 Å². The van der Waals surface area contributed by atoms with Gasteiger partial charge >= 0.3 is 0 Å². The summed E-state index contributed by atoms with van der Waals surface area (Å²) < 4.78 is 23.5. The Labute approximate surface area is 170 Å². The minimum atomic E-state index is -0.996. The number of hydrogen-bond donors (Lipinski definition) is 1. The summed E-state index contributed by atoms with van der Waals surface area (Å²) in [5.74, 6) is 2.95. The first-order valence-electron chi connectivity index (χ1n) is 10.7. The smallest absolute Gasteiger partial charge is 0.227 e. The van der Waals surface area contributed by atoms with Crippen LogP contribution in [-0.4, -0.2) is 65.5 Å². The lowest BCUT2D eigenvalue weighted by Gasteiger charge is -2.28. The van der Waals surface area contributed by atoms with Crippen LogP contribution >= 0.6 is 0 Å².